The summed E-state index contributed by atoms with van der Waals surface area (Å²) in [5.74, 6) is -1.27. The molecule has 13 nitrogen and oxygen atoms in total. The van der Waals surface area contributed by atoms with Gasteiger partial charge in [-0.3, -0.25) is 19.0 Å². The van der Waals surface area contributed by atoms with Crippen molar-refractivity contribution in [3.8, 4) is 11.5 Å². The highest BCUT2D eigenvalue weighted by Gasteiger charge is 2.52. The monoisotopic (exact) mass is 516 g/mol. The third-order valence-corrected chi connectivity index (χ3v) is 5.82. The SMILES string of the molecule is Cn1ccc(NC(=O)C2(C)C(=O)Nc3nc(-c4nn(CCOC(F)(F)F)c5ncccc45)nc(N)c32)n1. The van der Waals surface area contributed by atoms with Gasteiger partial charge in [0.25, 0.3) is 0 Å². The molecular weight excluding hydrogens is 497 g/mol. The Morgan fingerprint density at radius 1 is 1.27 bits per heavy atom. The van der Waals surface area contributed by atoms with Gasteiger partial charge < -0.3 is 16.4 Å². The number of alkyl halides is 3. The maximum Gasteiger partial charge on any atom is 0.522 e. The van der Waals surface area contributed by atoms with Crippen molar-refractivity contribution < 1.29 is 27.5 Å². The van der Waals surface area contributed by atoms with Crippen molar-refractivity contribution in [1.82, 2.24) is 34.5 Å². The number of nitrogens with two attached hydrogens (primary N) is 1. The standard InChI is InChI=1S/C21H19F3N10O3/c1-20(18(35)27-11-5-7-33(2)31-11)12-14(25)28-16(29-15(12)30-19(20)36)13-10-4-3-6-26-17(10)34(32-13)8-9-37-21(22,23)24/h3-7H,8-9H2,1-2H3,(H,27,31,35)(H3,25,28,29,30,36). The molecule has 0 saturated heterocycles. The smallest absolute Gasteiger partial charge is 0.383 e. The van der Waals surface area contributed by atoms with Crippen LogP contribution in [0.1, 0.15) is 12.5 Å². The number of pyridine rings is 1. The van der Waals surface area contributed by atoms with E-state index in [1.165, 1.54) is 22.5 Å². The van der Waals surface area contributed by atoms with Crippen molar-refractivity contribution in [2.24, 2.45) is 7.05 Å². The quantitative estimate of drug-likeness (QED) is 0.322. The molecule has 0 fully saturated rings. The molecule has 1 aliphatic heterocycles. The highest BCUT2D eigenvalue weighted by atomic mass is 19.4. The Hall–Kier alpha value is -4.60. The molecule has 5 rings (SSSR count). The Morgan fingerprint density at radius 2 is 2.05 bits per heavy atom. The van der Waals surface area contributed by atoms with Crippen molar-refractivity contribution in [3.63, 3.8) is 0 Å². The van der Waals surface area contributed by atoms with Gasteiger partial charge in [0.15, 0.2) is 22.7 Å². The Morgan fingerprint density at radius 3 is 2.76 bits per heavy atom. The maximum absolute atomic E-state index is 13.1. The summed E-state index contributed by atoms with van der Waals surface area (Å²) in [5, 5.41) is 14.0. The lowest BCUT2D eigenvalue weighted by atomic mass is 9.83. The average Bonchev–Trinajstić information content (AvgIpc) is 3.48. The summed E-state index contributed by atoms with van der Waals surface area (Å²) in [6, 6.07) is 4.82. The van der Waals surface area contributed by atoms with Crippen molar-refractivity contribution in [1.29, 1.82) is 0 Å². The van der Waals surface area contributed by atoms with Gasteiger partial charge in [-0.1, -0.05) is 0 Å². The summed E-state index contributed by atoms with van der Waals surface area (Å²) < 4.78 is 43.8. The summed E-state index contributed by atoms with van der Waals surface area (Å²) in [7, 11) is 1.67. The summed E-state index contributed by atoms with van der Waals surface area (Å²) >= 11 is 0. The number of hydrogen-bond donors (Lipinski definition) is 3. The molecule has 2 amide bonds. The third-order valence-electron chi connectivity index (χ3n) is 5.82. The molecule has 0 aliphatic carbocycles. The van der Waals surface area contributed by atoms with E-state index in [1.807, 2.05) is 0 Å². The average molecular weight is 516 g/mol. The fraction of sp³-hybridized carbons (Fsp3) is 0.286. The van der Waals surface area contributed by atoms with Crippen LogP contribution in [0.4, 0.5) is 30.6 Å². The van der Waals surface area contributed by atoms with Gasteiger partial charge in [0.1, 0.15) is 17.3 Å². The fourth-order valence-corrected chi connectivity index (χ4v) is 4.03. The van der Waals surface area contributed by atoms with Crippen LogP contribution in [0.15, 0.2) is 30.6 Å². The van der Waals surface area contributed by atoms with Gasteiger partial charge in [0, 0.05) is 25.5 Å². The van der Waals surface area contributed by atoms with E-state index in [2.05, 4.69) is 40.5 Å². The van der Waals surface area contributed by atoms with Crippen molar-refractivity contribution in [3.05, 3.63) is 36.2 Å². The van der Waals surface area contributed by atoms with Crippen LogP contribution in [0.2, 0.25) is 0 Å². The Bertz CT molecular complexity index is 1550. The zero-order chi connectivity index (χ0) is 26.5. The Kier molecular flexibility index (Phi) is 5.54. The number of anilines is 3. The first-order chi connectivity index (χ1) is 17.5. The lowest BCUT2D eigenvalue weighted by molar-refractivity contribution is -0.325. The van der Waals surface area contributed by atoms with E-state index in [0.717, 1.165) is 0 Å². The highest BCUT2D eigenvalue weighted by Crippen LogP contribution is 2.41. The minimum atomic E-state index is -4.79. The molecule has 5 heterocycles. The zero-order valence-corrected chi connectivity index (χ0v) is 19.4. The van der Waals surface area contributed by atoms with E-state index < -0.39 is 30.2 Å². The van der Waals surface area contributed by atoms with Gasteiger partial charge in [-0.2, -0.15) is 10.2 Å². The summed E-state index contributed by atoms with van der Waals surface area (Å²) in [6.45, 7) is 0.444. The number of ether oxygens (including phenoxy) is 1. The second-order valence-electron chi connectivity index (χ2n) is 8.30. The van der Waals surface area contributed by atoms with Crippen LogP contribution in [-0.4, -0.2) is 59.3 Å². The molecule has 1 unspecified atom stereocenters. The molecule has 0 saturated carbocycles. The molecule has 1 atom stereocenters. The van der Waals surface area contributed by atoms with E-state index in [4.69, 9.17) is 5.73 Å². The molecule has 192 valence electrons. The molecule has 0 aromatic carbocycles. The number of hydrogen-bond acceptors (Lipinski definition) is 9. The van der Waals surface area contributed by atoms with E-state index >= 15 is 0 Å². The first-order valence-corrected chi connectivity index (χ1v) is 10.8. The number of nitrogens with one attached hydrogen (secondary N) is 2. The van der Waals surface area contributed by atoms with Crippen molar-refractivity contribution in [2.45, 2.75) is 25.2 Å². The number of nitrogens with zero attached hydrogens (tertiary/aromatic N) is 7. The number of carbonyl (C=O) groups excluding carboxylic acids is 2. The van der Waals surface area contributed by atoms with E-state index in [1.54, 1.807) is 31.4 Å². The van der Waals surface area contributed by atoms with E-state index in [0.29, 0.717) is 5.39 Å². The second-order valence-corrected chi connectivity index (χ2v) is 8.30. The number of amides is 2. The molecule has 16 heteroatoms. The number of fused-ring (bicyclic) bond motifs is 2. The predicted molar refractivity (Wildman–Crippen MR) is 123 cm³/mol. The van der Waals surface area contributed by atoms with E-state index in [-0.39, 0.29) is 46.7 Å². The number of rotatable bonds is 6. The topological polar surface area (TPSA) is 168 Å². The van der Waals surface area contributed by atoms with Crippen LogP contribution >= 0.6 is 0 Å². The van der Waals surface area contributed by atoms with Gasteiger partial charge >= 0.3 is 6.36 Å². The first-order valence-electron chi connectivity index (χ1n) is 10.8. The van der Waals surface area contributed by atoms with Gasteiger partial charge in [-0.25, -0.2) is 19.6 Å². The van der Waals surface area contributed by atoms with Crippen LogP contribution in [0, 0.1) is 0 Å². The maximum atomic E-state index is 13.1. The minimum absolute atomic E-state index is 0.0122. The van der Waals surface area contributed by atoms with Crippen LogP contribution in [-0.2, 0) is 33.3 Å². The van der Waals surface area contributed by atoms with Crippen LogP contribution < -0.4 is 16.4 Å². The summed E-state index contributed by atoms with van der Waals surface area (Å²) in [5.41, 5.74) is 4.99. The normalized spacial score (nSPS) is 17.2. The molecule has 0 bridgehead atoms. The lowest BCUT2D eigenvalue weighted by Crippen LogP contribution is -2.44. The number of nitrogen functional groups attached to an aromatic ring is 1. The molecular formula is C21H19F3N10O3. The zero-order valence-electron chi connectivity index (χ0n) is 19.4. The minimum Gasteiger partial charge on any atom is -0.383 e. The Balaban J connectivity index is 1.51. The molecule has 37 heavy (non-hydrogen) atoms. The van der Waals surface area contributed by atoms with Gasteiger partial charge in [-0.15, -0.1) is 13.2 Å². The molecule has 0 spiro atoms. The number of carbonyl (C=O) groups is 2. The van der Waals surface area contributed by atoms with Gasteiger partial charge in [0.2, 0.25) is 11.8 Å². The molecule has 0 radical (unpaired) electrons. The molecule has 4 N–H and O–H groups in total. The predicted octanol–water partition coefficient (Wildman–Crippen LogP) is 1.59. The number of aromatic nitrogens is 7. The van der Waals surface area contributed by atoms with Crippen LogP contribution in [0.3, 0.4) is 0 Å². The fourth-order valence-electron chi connectivity index (χ4n) is 4.03. The van der Waals surface area contributed by atoms with Crippen molar-refractivity contribution >= 4 is 40.3 Å². The van der Waals surface area contributed by atoms with E-state index in [9.17, 15) is 22.8 Å². The Labute approximate surface area is 205 Å². The molecule has 1 aliphatic rings. The van der Waals surface area contributed by atoms with Gasteiger partial charge in [-0.05, 0) is 19.1 Å². The lowest BCUT2D eigenvalue weighted by Gasteiger charge is -2.21. The van der Waals surface area contributed by atoms with Crippen molar-refractivity contribution in [2.75, 3.05) is 23.0 Å². The van der Waals surface area contributed by atoms with Gasteiger partial charge in [0.05, 0.1) is 24.1 Å². The molecule has 4 aromatic rings. The largest absolute Gasteiger partial charge is 0.522 e. The van der Waals surface area contributed by atoms with Crippen LogP contribution in [0.5, 0.6) is 0 Å². The summed E-state index contributed by atoms with van der Waals surface area (Å²) in [4.78, 5) is 38.9. The molecule has 4 aromatic heterocycles. The van der Waals surface area contributed by atoms with Crippen LogP contribution in [0.25, 0.3) is 22.6 Å². The first kappa shape index (κ1) is 24.1. The third kappa shape index (κ3) is 4.20. The highest BCUT2D eigenvalue weighted by molar-refractivity contribution is 6.23. The summed E-state index contributed by atoms with van der Waals surface area (Å²) in [6.07, 6.45) is -1.71. The number of halogens is 3. The second kappa shape index (κ2) is 8.51. The number of aryl methyl sites for hydroxylation is 1.